The van der Waals surface area contributed by atoms with Crippen LogP contribution in [0.5, 0.6) is 17.2 Å². The number of aromatic nitrogens is 2. The molecule has 0 spiro atoms. The molecule has 146 valence electrons. The first-order valence-corrected chi connectivity index (χ1v) is 9.32. The van der Waals surface area contributed by atoms with E-state index in [2.05, 4.69) is 20.5 Å². The van der Waals surface area contributed by atoms with Crippen LogP contribution in [0.3, 0.4) is 0 Å². The molecule has 9 heteroatoms. The van der Waals surface area contributed by atoms with Crippen molar-refractivity contribution in [1.29, 1.82) is 0 Å². The van der Waals surface area contributed by atoms with Crippen molar-refractivity contribution in [1.82, 2.24) is 15.4 Å². The van der Waals surface area contributed by atoms with Gasteiger partial charge in [0.05, 0.1) is 44.3 Å². The summed E-state index contributed by atoms with van der Waals surface area (Å²) in [6.45, 7) is 0. The highest BCUT2D eigenvalue weighted by Gasteiger charge is 2.11. The summed E-state index contributed by atoms with van der Waals surface area (Å²) in [6, 6.07) is 11.1. The Kier molecular flexibility index (Phi) is 6.38. The van der Waals surface area contributed by atoms with E-state index in [1.807, 2.05) is 24.3 Å². The van der Waals surface area contributed by atoms with Crippen LogP contribution < -0.4 is 19.6 Å². The minimum absolute atomic E-state index is 0.181. The number of carbonyl (C=O) groups is 1. The second-order valence-corrected chi connectivity index (χ2v) is 6.55. The highest BCUT2D eigenvalue weighted by Crippen LogP contribution is 2.33. The van der Waals surface area contributed by atoms with Gasteiger partial charge in [-0.1, -0.05) is 23.9 Å². The average molecular weight is 400 g/mol. The fraction of sp³-hybridized carbons (Fsp3) is 0.211. The number of carbonyl (C=O) groups excluding carboxylic acids is 1. The Hall–Kier alpha value is -3.20. The fourth-order valence-electron chi connectivity index (χ4n) is 2.49. The predicted octanol–water partition coefficient (Wildman–Crippen LogP) is 2.83. The lowest BCUT2D eigenvalue weighted by molar-refractivity contribution is -0.118. The number of thioether (sulfide) groups is 1. The van der Waals surface area contributed by atoms with Crippen LogP contribution in [-0.4, -0.2) is 49.2 Å². The number of fused-ring (bicyclic) bond motifs is 1. The number of rotatable bonds is 8. The first-order valence-electron chi connectivity index (χ1n) is 8.34. The van der Waals surface area contributed by atoms with Gasteiger partial charge >= 0.3 is 0 Å². The summed E-state index contributed by atoms with van der Waals surface area (Å²) in [5.74, 6) is 1.56. The summed E-state index contributed by atoms with van der Waals surface area (Å²) < 4.78 is 15.8. The number of aromatic amines is 1. The lowest BCUT2D eigenvalue weighted by Gasteiger charge is -2.11. The van der Waals surface area contributed by atoms with Crippen molar-refractivity contribution in [3.63, 3.8) is 0 Å². The van der Waals surface area contributed by atoms with E-state index >= 15 is 0 Å². The summed E-state index contributed by atoms with van der Waals surface area (Å²) in [5.41, 5.74) is 4.94. The number of hydrogen-bond donors (Lipinski definition) is 2. The smallest absolute Gasteiger partial charge is 0.250 e. The zero-order valence-corrected chi connectivity index (χ0v) is 16.5. The van der Waals surface area contributed by atoms with Gasteiger partial charge in [-0.15, -0.1) is 0 Å². The van der Waals surface area contributed by atoms with Crippen LogP contribution in [0, 0.1) is 0 Å². The zero-order valence-electron chi connectivity index (χ0n) is 15.7. The normalized spacial score (nSPS) is 11.0. The summed E-state index contributed by atoms with van der Waals surface area (Å²) in [7, 11) is 4.63. The van der Waals surface area contributed by atoms with Crippen molar-refractivity contribution >= 4 is 34.9 Å². The number of ether oxygens (including phenoxy) is 3. The van der Waals surface area contributed by atoms with Gasteiger partial charge in [0.2, 0.25) is 0 Å². The molecule has 2 aromatic carbocycles. The summed E-state index contributed by atoms with van der Waals surface area (Å²) in [5, 5.41) is 4.67. The van der Waals surface area contributed by atoms with Crippen LogP contribution in [0.2, 0.25) is 0 Å². The van der Waals surface area contributed by atoms with Crippen LogP contribution in [-0.2, 0) is 4.79 Å². The first kappa shape index (κ1) is 19.6. The largest absolute Gasteiger partial charge is 0.496 e. The number of nitrogens with zero attached hydrogens (tertiary/aromatic N) is 2. The van der Waals surface area contributed by atoms with Crippen LogP contribution in [0.25, 0.3) is 11.0 Å². The predicted molar refractivity (Wildman–Crippen MR) is 109 cm³/mol. The van der Waals surface area contributed by atoms with Crippen molar-refractivity contribution in [2.75, 3.05) is 27.1 Å². The maximum atomic E-state index is 12.0. The molecular weight excluding hydrogens is 380 g/mol. The minimum atomic E-state index is -0.249. The highest BCUT2D eigenvalue weighted by molar-refractivity contribution is 7.99. The second kappa shape index (κ2) is 9.14. The van der Waals surface area contributed by atoms with E-state index < -0.39 is 0 Å². The van der Waals surface area contributed by atoms with Crippen molar-refractivity contribution in [2.45, 2.75) is 5.16 Å². The quantitative estimate of drug-likeness (QED) is 0.343. The number of benzene rings is 2. The van der Waals surface area contributed by atoms with E-state index in [4.69, 9.17) is 14.2 Å². The molecule has 0 aliphatic rings. The Morgan fingerprint density at radius 2 is 1.86 bits per heavy atom. The molecule has 0 atom stereocenters. The topological polar surface area (TPSA) is 97.8 Å². The van der Waals surface area contributed by atoms with Crippen molar-refractivity contribution in [3.05, 3.63) is 42.0 Å². The number of hydrogen-bond acceptors (Lipinski definition) is 7. The molecule has 0 saturated carbocycles. The molecule has 8 nitrogen and oxygen atoms in total. The van der Waals surface area contributed by atoms with Gasteiger partial charge in [0.25, 0.3) is 5.91 Å². The molecule has 0 radical (unpaired) electrons. The number of hydrazone groups is 1. The van der Waals surface area contributed by atoms with Gasteiger partial charge in [0, 0.05) is 11.6 Å². The molecular formula is C19H20N4O4S. The number of H-pyrrole nitrogens is 1. The average Bonchev–Trinajstić information content (AvgIpc) is 3.14. The van der Waals surface area contributed by atoms with Crippen molar-refractivity contribution < 1.29 is 19.0 Å². The van der Waals surface area contributed by atoms with Gasteiger partial charge in [-0.05, 0) is 18.2 Å². The van der Waals surface area contributed by atoms with Crippen LogP contribution in [0.15, 0.2) is 46.7 Å². The molecule has 1 heterocycles. The van der Waals surface area contributed by atoms with Crippen LogP contribution >= 0.6 is 11.8 Å². The van der Waals surface area contributed by atoms with Crippen LogP contribution in [0.4, 0.5) is 0 Å². The lowest BCUT2D eigenvalue weighted by Crippen LogP contribution is -2.19. The molecule has 1 amide bonds. The van der Waals surface area contributed by atoms with Crippen molar-refractivity contribution in [3.8, 4) is 17.2 Å². The number of nitrogens with one attached hydrogen (secondary N) is 2. The minimum Gasteiger partial charge on any atom is -0.496 e. The molecule has 0 unspecified atom stereocenters. The van der Waals surface area contributed by atoms with E-state index in [1.54, 1.807) is 33.5 Å². The Morgan fingerprint density at radius 3 is 2.57 bits per heavy atom. The molecule has 0 fully saturated rings. The van der Waals surface area contributed by atoms with E-state index in [-0.39, 0.29) is 11.7 Å². The number of imidazole rings is 1. The van der Waals surface area contributed by atoms with Gasteiger partial charge in [0.15, 0.2) is 16.7 Å². The second-order valence-electron chi connectivity index (χ2n) is 5.59. The molecule has 3 aromatic rings. The van der Waals surface area contributed by atoms with Crippen molar-refractivity contribution in [2.24, 2.45) is 5.10 Å². The third kappa shape index (κ3) is 4.55. The summed E-state index contributed by atoms with van der Waals surface area (Å²) in [6.07, 6.45) is 1.49. The van der Waals surface area contributed by atoms with Crippen LogP contribution in [0.1, 0.15) is 5.56 Å². The summed E-state index contributed by atoms with van der Waals surface area (Å²) >= 11 is 1.31. The number of amides is 1. The molecule has 0 bridgehead atoms. The molecule has 0 aliphatic heterocycles. The number of para-hydroxylation sites is 2. The van der Waals surface area contributed by atoms with E-state index in [9.17, 15) is 4.79 Å². The van der Waals surface area contributed by atoms with E-state index in [1.165, 1.54) is 18.0 Å². The van der Waals surface area contributed by atoms with Gasteiger partial charge in [-0.3, -0.25) is 4.79 Å². The standard InChI is InChI=1S/C19H20N4O4S/c1-25-15-9-17(27-3)16(26-2)8-12(15)10-20-23-18(24)11-28-19-21-13-6-4-5-7-14(13)22-19/h4-10H,11H2,1-3H3,(H,21,22)(H,23,24). The Labute approximate surface area is 166 Å². The molecule has 28 heavy (non-hydrogen) atoms. The SMILES string of the molecule is COc1cc(OC)c(OC)cc1C=NNC(=O)CSc1nc2ccccc2[nH]1. The lowest BCUT2D eigenvalue weighted by atomic mass is 10.2. The summed E-state index contributed by atoms with van der Waals surface area (Å²) in [4.78, 5) is 19.6. The highest BCUT2D eigenvalue weighted by atomic mass is 32.2. The first-order chi connectivity index (χ1) is 13.6. The maximum absolute atomic E-state index is 12.0. The van der Waals surface area contributed by atoms with Gasteiger partial charge < -0.3 is 19.2 Å². The third-order valence-electron chi connectivity index (χ3n) is 3.84. The monoisotopic (exact) mass is 400 g/mol. The van der Waals surface area contributed by atoms with Gasteiger partial charge in [-0.2, -0.15) is 5.10 Å². The van der Waals surface area contributed by atoms with Gasteiger partial charge in [0.1, 0.15) is 5.75 Å². The molecule has 2 N–H and O–H groups in total. The Balaban J connectivity index is 1.60. The molecule has 0 aliphatic carbocycles. The Bertz CT molecular complexity index is 970. The molecule has 0 saturated heterocycles. The zero-order chi connectivity index (χ0) is 19.9. The van der Waals surface area contributed by atoms with E-state index in [0.29, 0.717) is 28.0 Å². The Morgan fingerprint density at radius 1 is 1.14 bits per heavy atom. The molecule has 1 aromatic heterocycles. The number of methoxy groups -OCH3 is 3. The third-order valence-corrected chi connectivity index (χ3v) is 4.71. The van der Waals surface area contributed by atoms with Gasteiger partial charge in [-0.25, -0.2) is 10.4 Å². The maximum Gasteiger partial charge on any atom is 0.250 e. The fourth-order valence-corrected chi connectivity index (χ4v) is 3.17. The molecule has 3 rings (SSSR count). The van der Waals surface area contributed by atoms with E-state index in [0.717, 1.165) is 11.0 Å².